The van der Waals surface area contributed by atoms with E-state index in [1.807, 2.05) is 30.0 Å². The van der Waals surface area contributed by atoms with Crippen molar-refractivity contribution in [2.45, 2.75) is 26.8 Å². The Bertz CT molecular complexity index is 673. The lowest BCUT2D eigenvalue weighted by molar-refractivity contribution is -0.663. The van der Waals surface area contributed by atoms with Crippen LogP contribution in [0, 0.1) is 13.8 Å². The maximum absolute atomic E-state index is 12.6. The number of imidazole rings is 1. The fraction of sp³-hybridized carbons (Fsp3) is 0.538. The Balaban J connectivity index is 2.22. The maximum Gasteiger partial charge on any atom is 0.401 e. The van der Waals surface area contributed by atoms with E-state index >= 15 is 0 Å². The number of fused-ring (bicyclic) bond motifs is 3. The summed E-state index contributed by atoms with van der Waals surface area (Å²) in [5.41, 5.74) is 2.07. The molecule has 0 saturated carbocycles. The van der Waals surface area contributed by atoms with Crippen LogP contribution in [-0.2, 0) is 11.8 Å². The van der Waals surface area contributed by atoms with Crippen LogP contribution in [0.1, 0.15) is 24.4 Å². The Morgan fingerprint density at radius 2 is 1.95 bits per heavy atom. The van der Waals surface area contributed by atoms with Crippen molar-refractivity contribution in [3.63, 3.8) is 0 Å². The lowest BCUT2D eigenvalue weighted by Gasteiger charge is -2.32. The largest absolute Gasteiger partial charge is 0.401 e. The first kappa shape index (κ1) is 12.8. The number of carbonyl (C=O) groups excluding carboxylic acids is 2. The van der Waals surface area contributed by atoms with Crippen molar-refractivity contribution in [3.8, 4) is 0 Å². The molecule has 20 heavy (non-hydrogen) atoms. The molecule has 2 aliphatic heterocycles. The van der Waals surface area contributed by atoms with Crippen molar-refractivity contribution in [1.29, 1.82) is 0 Å². The summed E-state index contributed by atoms with van der Waals surface area (Å²) in [6, 6.07) is -0.831. The summed E-state index contributed by atoms with van der Waals surface area (Å²) in [5.74, 6) is 1.02. The Morgan fingerprint density at radius 1 is 1.30 bits per heavy atom. The van der Waals surface area contributed by atoms with Gasteiger partial charge in [0.25, 0.3) is 5.91 Å². The van der Waals surface area contributed by atoms with Gasteiger partial charge in [-0.1, -0.05) is 4.99 Å². The smallest absolute Gasteiger partial charge is 0.270 e. The second kappa shape index (κ2) is 3.91. The van der Waals surface area contributed by atoms with Crippen molar-refractivity contribution in [2.24, 2.45) is 12.0 Å². The number of imide groups is 1. The fourth-order valence-electron chi connectivity index (χ4n) is 2.89. The predicted molar refractivity (Wildman–Crippen MR) is 71.8 cm³/mol. The molecule has 1 unspecified atom stereocenters. The zero-order valence-electron chi connectivity index (χ0n) is 12.3. The third-order valence-corrected chi connectivity index (χ3v) is 4.30. The van der Waals surface area contributed by atoms with Gasteiger partial charge in [-0.25, -0.2) is 13.9 Å². The standard InChI is InChI=1S/C13H18N5O2/c1-6-17-11(19)9-10(16(5)13(17)20)14-12-15(4)7(2)8(3)18(9)12/h9H,6H2,1-5H3/q+1. The molecule has 0 spiro atoms. The first-order valence-corrected chi connectivity index (χ1v) is 6.65. The highest BCUT2D eigenvalue weighted by Gasteiger charge is 2.53. The van der Waals surface area contributed by atoms with E-state index in [-0.39, 0.29) is 11.9 Å². The molecule has 0 aliphatic carbocycles. The number of urea groups is 1. The lowest BCUT2D eigenvalue weighted by atomic mass is 10.1. The van der Waals surface area contributed by atoms with E-state index in [0.717, 1.165) is 11.4 Å². The lowest BCUT2D eigenvalue weighted by Crippen LogP contribution is -2.57. The number of aliphatic imine (C=N–C) groups is 1. The van der Waals surface area contributed by atoms with Crippen LogP contribution >= 0.6 is 0 Å². The van der Waals surface area contributed by atoms with Gasteiger partial charge < -0.3 is 0 Å². The van der Waals surface area contributed by atoms with Gasteiger partial charge in [-0.3, -0.25) is 14.6 Å². The SMILES string of the molecule is CCN1C(=O)C2C(=Nc3n2c(C)c(C)[n+]3C)N(C)C1=O. The van der Waals surface area contributed by atoms with Crippen LogP contribution in [-0.4, -0.2) is 45.7 Å². The third kappa shape index (κ3) is 1.29. The molecule has 1 aromatic heterocycles. The van der Waals surface area contributed by atoms with Crippen LogP contribution in [0.15, 0.2) is 4.99 Å². The zero-order valence-corrected chi connectivity index (χ0v) is 12.3. The molecule has 2 aliphatic rings. The molecule has 3 rings (SSSR count). The molecular weight excluding hydrogens is 258 g/mol. The molecule has 0 aromatic carbocycles. The minimum Gasteiger partial charge on any atom is -0.270 e. The average Bonchev–Trinajstić information content (AvgIpc) is 2.91. The van der Waals surface area contributed by atoms with Gasteiger partial charge in [0.15, 0.2) is 0 Å². The predicted octanol–water partition coefficient (Wildman–Crippen LogP) is 0.428. The van der Waals surface area contributed by atoms with E-state index in [0.29, 0.717) is 18.3 Å². The van der Waals surface area contributed by atoms with E-state index in [1.165, 1.54) is 9.80 Å². The molecular formula is C13H18N5O2+. The maximum atomic E-state index is 12.6. The number of hydrogen-bond acceptors (Lipinski definition) is 3. The van der Waals surface area contributed by atoms with Crippen LogP contribution in [0.2, 0.25) is 0 Å². The summed E-state index contributed by atoms with van der Waals surface area (Å²) in [6.45, 7) is 6.13. The summed E-state index contributed by atoms with van der Waals surface area (Å²) < 4.78 is 3.86. The van der Waals surface area contributed by atoms with E-state index in [4.69, 9.17) is 0 Å². The molecule has 7 nitrogen and oxygen atoms in total. The van der Waals surface area contributed by atoms with Crippen molar-refractivity contribution >= 4 is 23.7 Å². The summed E-state index contributed by atoms with van der Waals surface area (Å²) in [6.07, 6.45) is 0. The highest BCUT2D eigenvalue weighted by Crippen LogP contribution is 2.34. The number of rotatable bonds is 1. The van der Waals surface area contributed by atoms with Crippen LogP contribution < -0.4 is 4.57 Å². The van der Waals surface area contributed by atoms with Gasteiger partial charge in [-0.05, 0) is 20.8 Å². The van der Waals surface area contributed by atoms with Crippen LogP contribution in [0.3, 0.4) is 0 Å². The number of hydrogen-bond donors (Lipinski definition) is 0. The Labute approximate surface area is 117 Å². The molecule has 1 saturated heterocycles. The highest BCUT2D eigenvalue weighted by atomic mass is 16.2. The number of amides is 3. The Hall–Kier alpha value is -2.18. The minimum absolute atomic E-state index is 0.202. The van der Waals surface area contributed by atoms with Gasteiger partial charge >= 0.3 is 12.0 Å². The van der Waals surface area contributed by atoms with E-state index in [9.17, 15) is 9.59 Å². The van der Waals surface area contributed by atoms with Crippen LogP contribution in [0.4, 0.5) is 10.7 Å². The molecule has 1 atom stereocenters. The first-order chi connectivity index (χ1) is 9.40. The van der Waals surface area contributed by atoms with Crippen molar-refractivity contribution < 1.29 is 14.2 Å². The number of likely N-dealkylation sites (N-methyl/N-ethyl adjacent to an activating group) is 2. The fourth-order valence-corrected chi connectivity index (χ4v) is 2.89. The number of aromatic nitrogens is 2. The zero-order chi connectivity index (χ0) is 14.8. The van der Waals surface area contributed by atoms with Crippen LogP contribution in [0.25, 0.3) is 0 Å². The first-order valence-electron chi connectivity index (χ1n) is 6.65. The third-order valence-electron chi connectivity index (χ3n) is 4.30. The average molecular weight is 276 g/mol. The molecule has 0 radical (unpaired) electrons. The van der Waals surface area contributed by atoms with Gasteiger partial charge in [0.05, 0.1) is 7.05 Å². The van der Waals surface area contributed by atoms with E-state index < -0.39 is 6.04 Å². The topological polar surface area (TPSA) is 61.8 Å². The molecule has 0 bridgehead atoms. The highest BCUT2D eigenvalue weighted by molar-refractivity contribution is 6.20. The van der Waals surface area contributed by atoms with E-state index in [2.05, 4.69) is 4.99 Å². The molecule has 7 heteroatoms. The van der Waals surface area contributed by atoms with E-state index in [1.54, 1.807) is 14.0 Å². The quantitative estimate of drug-likeness (QED) is 0.698. The number of amidine groups is 1. The minimum atomic E-state index is -0.521. The molecule has 106 valence electrons. The number of nitrogens with zero attached hydrogens (tertiary/aromatic N) is 5. The molecule has 1 fully saturated rings. The van der Waals surface area contributed by atoms with Gasteiger partial charge in [0, 0.05) is 13.6 Å². The van der Waals surface area contributed by atoms with Crippen molar-refractivity contribution in [2.75, 3.05) is 13.6 Å². The molecule has 0 N–H and O–H groups in total. The molecule has 1 aromatic rings. The monoisotopic (exact) mass is 276 g/mol. The molecule has 3 amide bonds. The summed E-state index contributed by atoms with van der Waals surface area (Å²) >= 11 is 0. The Morgan fingerprint density at radius 3 is 2.55 bits per heavy atom. The second-order valence-corrected chi connectivity index (χ2v) is 5.20. The Kier molecular flexibility index (Phi) is 2.51. The summed E-state index contributed by atoms with van der Waals surface area (Å²) in [7, 11) is 3.58. The van der Waals surface area contributed by atoms with Gasteiger partial charge in [-0.15, -0.1) is 0 Å². The second-order valence-electron chi connectivity index (χ2n) is 5.20. The summed E-state index contributed by atoms with van der Waals surface area (Å²) in [4.78, 5) is 32.0. The normalized spacial score (nSPS) is 21.2. The summed E-state index contributed by atoms with van der Waals surface area (Å²) in [5, 5.41) is 0. The van der Waals surface area contributed by atoms with Crippen LogP contribution in [0.5, 0.6) is 0 Å². The van der Waals surface area contributed by atoms with Crippen molar-refractivity contribution in [3.05, 3.63) is 11.4 Å². The molecule has 3 heterocycles. The van der Waals surface area contributed by atoms with Gasteiger partial charge in [-0.2, -0.15) is 0 Å². The van der Waals surface area contributed by atoms with Gasteiger partial charge in [0.2, 0.25) is 11.9 Å². The number of carbonyl (C=O) groups is 2. The van der Waals surface area contributed by atoms with Gasteiger partial charge in [0.1, 0.15) is 11.4 Å². The van der Waals surface area contributed by atoms with Crippen molar-refractivity contribution in [1.82, 2.24) is 14.4 Å².